The fourth-order valence-corrected chi connectivity index (χ4v) is 3.89. The van der Waals surface area contributed by atoms with E-state index in [1.807, 2.05) is 0 Å². The molecular formula is C24H13NO9. The number of rotatable bonds is 5. The number of fused-ring (bicyclic) bond motifs is 3. The summed E-state index contributed by atoms with van der Waals surface area (Å²) in [5, 5.41) is 11.9. The van der Waals surface area contributed by atoms with Crippen molar-refractivity contribution < 1.29 is 38.3 Å². The largest absolute Gasteiger partial charge is 0.454 e. The number of nitrogens with zero attached hydrogens (tertiary/aromatic N) is 1. The smallest absolute Gasteiger partial charge is 0.345 e. The van der Waals surface area contributed by atoms with Crippen molar-refractivity contribution in [1.82, 2.24) is 0 Å². The molecule has 3 aromatic carbocycles. The average molecular weight is 459 g/mol. The van der Waals surface area contributed by atoms with Gasteiger partial charge in [0, 0.05) is 22.3 Å². The minimum Gasteiger partial charge on any atom is -0.454 e. The molecule has 0 fully saturated rings. The standard InChI is InChI=1S/C24H13NO9/c26-17(12-5-8-18-19(9-12)34-11-33-18)10-32-24(29)16-7-6-15-20(21(16)25(30)31)23(28)14-4-2-1-3-13(14)22(15)27/h1-9H,10-11H2. The number of ketones is 3. The van der Waals surface area contributed by atoms with E-state index < -0.39 is 51.7 Å². The van der Waals surface area contributed by atoms with Crippen LogP contribution in [0, 0.1) is 10.1 Å². The number of nitro groups is 1. The summed E-state index contributed by atoms with van der Waals surface area (Å²) in [4.78, 5) is 61.9. The maximum absolute atomic E-state index is 13.0. The minimum absolute atomic E-state index is 0.00611. The van der Waals surface area contributed by atoms with Crippen LogP contribution >= 0.6 is 0 Å². The highest BCUT2D eigenvalue weighted by Gasteiger charge is 2.39. The van der Waals surface area contributed by atoms with Crippen LogP contribution in [0.15, 0.2) is 54.6 Å². The summed E-state index contributed by atoms with van der Waals surface area (Å²) in [5.74, 6) is -2.23. The lowest BCUT2D eigenvalue weighted by molar-refractivity contribution is -0.385. The number of ether oxygens (including phenoxy) is 3. The van der Waals surface area contributed by atoms with Crippen molar-refractivity contribution in [3.8, 4) is 11.5 Å². The molecule has 34 heavy (non-hydrogen) atoms. The maximum atomic E-state index is 13.0. The molecule has 0 saturated carbocycles. The number of nitro benzene ring substituents is 1. The molecule has 0 spiro atoms. The molecule has 0 amide bonds. The van der Waals surface area contributed by atoms with E-state index in [0.717, 1.165) is 6.07 Å². The molecule has 1 aliphatic carbocycles. The van der Waals surface area contributed by atoms with Crippen LogP contribution in [-0.2, 0) is 4.74 Å². The van der Waals surface area contributed by atoms with Crippen molar-refractivity contribution in [3.63, 3.8) is 0 Å². The molecular weight excluding hydrogens is 446 g/mol. The molecule has 0 saturated heterocycles. The summed E-state index contributed by atoms with van der Waals surface area (Å²) in [6.07, 6.45) is 0. The first-order valence-corrected chi connectivity index (χ1v) is 9.96. The molecule has 1 aliphatic heterocycles. The van der Waals surface area contributed by atoms with Gasteiger partial charge in [-0.25, -0.2) is 4.79 Å². The van der Waals surface area contributed by atoms with E-state index in [4.69, 9.17) is 14.2 Å². The molecule has 0 atom stereocenters. The first-order valence-electron chi connectivity index (χ1n) is 9.96. The third kappa shape index (κ3) is 3.28. The zero-order chi connectivity index (χ0) is 24.0. The molecule has 1 heterocycles. The van der Waals surface area contributed by atoms with Gasteiger partial charge in [-0.1, -0.05) is 24.3 Å². The molecule has 0 radical (unpaired) electrons. The van der Waals surface area contributed by atoms with E-state index >= 15 is 0 Å². The molecule has 10 heteroatoms. The van der Waals surface area contributed by atoms with Crippen molar-refractivity contribution in [2.75, 3.05) is 13.4 Å². The quantitative estimate of drug-likeness (QED) is 0.191. The van der Waals surface area contributed by atoms with E-state index in [1.54, 1.807) is 6.07 Å². The second-order valence-corrected chi connectivity index (χ2v) is 7.41. The maximum Gasteiger partial charge on any atom is 0.345 e. The molecule has 10 nitrogen and oxygen atoms in total. The molecule has 3 aromatic rings. The van der Waals surface area contributed by atoms with Gasteiger partial charge in [-0.15, -0.1) is 0 Å². The van der Waals surface area contributed by atoms with Gasteiger partial charge in [-0.05, 0) is 30.3 Å². The fraction of sp³-hybridized carbons (Fsp3) is 0.0833. The van der Waals surface area contributed by atoms with Gasteiger partial charge in [0.25, 0.3) is 5.69 Å². The van der Waals surface area contributed by atoms with Gasteiger partial charge in [-0.2, -0.15) is 0 Å². The zero-order valence-electron chi connectivity index (χ0n) is 17.2. The van der Waals surface area contributed by atoms with Crippen molar-refractivity contribution in [3.05, 3.63) is 98.1 Å². The summed E-state index contributed by atoms with van der Waals surface area (Å²) in [6, 6.07) is 12.6. The second kappa shape index (κ2) is 7.93. The van der Waals surface area contributed by atoms with Crippen LogP contribution in [0.4, 0.5) is 5.69 Å². The van der Waals surface area contributed by atoms with Crippen LogP contribution in [-0.4, -0.2) is 41.6 Å². The Morgan fingerprint density at radius 1 is 0.912 bits per heavy atom. The molecule has 5 rings (SSSR count). The summed E-state index contributed by atoms with van der Waals surface area (Å²) in [5.41, 5.74) is -1.72. The predicted octanol–water partition coefficient (Wildman–Crippen LogP) is 3.14. The number of Topliss-reactive ketones (excluding diaryl/α,β-unsaturated/α-hetero) is 1. The number of hydrogen-bond donors (Lipinski definition) is 0. The van der Waals surface area contributed by atoms with Crippen LogP contribution in [0.1, 0.15) is 52.6 Å². The molecule has 2 aliphatic rings. The Morgan fingerprint density at radius 2 is 1.62 bits per heavy atom. The zero-order valence-corrected chi connectivity index (χ0v) is 17.2. The van der Waals surface area contributed by atoms with Gasteiger partial charge >= 0.3 is 5.97 Å². The first-order chi connectivity index (χ1) is 16.4. The van der Waals surface area contributed by atoms with Crippen molar-refractivity contribution >= 4 is 29.0 Å². The summed E-state index contributed by atoms with van der Waals surface area (Å²) >= 11 is 0. The monoisotopic (exact) mass is 459 g/mol. The van der Waals surface area contributed by atoms with Gasteiger partial charge in [0.15, 0.2) is 29.7 Å². The summed E-state index contributed by atoms with van der Waals surface area (Å²) < 4.78 is 15.4. The third-order valence-electron chi connectivity index (χ3n) is 5.50. The van der Waals surface area contributed by atoms with Crippen molar-refractivity contribution in [2.45, 2.75) is 0 Å². The Hall–Kier alpha value is -4.86. The lowest BCUT2D eigenvalue weighted by atomic mass is 9.82. The Balaban J connectivity index is 1.44. The van der Waals surface area contributed by atoms with E-state index in [-0.39, 0.29) is 29.0 Å². The highest BCUT2D eigenvalue weighted by Crippen LogP contribution is 2.36. The van der Waals surface area contributed by atoms with Crippen LogP contribution in [0.5, 0.6) is 11.5 Å². The van der Waals surface area contributed by atoms with Gasteiger partial charge in [0.1, 0.15) is 11.1 Å². The fourth-order valence-electron chi connectivity index (χ4n) is 3.89. The highest BCUT2D eigenvalue weighted by molar-refractivity contribution is 6.30. The van der Waals surface area contributed by atoms with Gasteiger partial charge < -0.3 is 14.2 Å². The Labute approximate surface area is 190 Å². The number of carbonyl (C=O) groups is 4. The van der Waals surface area contributed by atoms with Crippen LogP contribution < -0.4 is 9.47 Å². The molecule has 168 valence electrons. The van der Waals surface area contributed by atoms with Crippen LogP contribution in [0.3, 0.4) is 0 Å². The van der Waals surface area contributed by atoms with E-state index in [1.165, 1.54) is 42.5 Å². The number of carbonyl (C=O) groups excluding carboxylic acids is 4. The second-order valence-electron chi connectivity index (χ2n) is 7.41. The number of hydrogen-bond acceptors (Lipinski definition) is 9. The summed E-state index contributed by atoms with van der Waals surface area (Å²) in [6.45, 7) is -0.682. The molecule has 0 unspecified atom stereocenters. The Kier molecular flexibility index (Phi) is 4.90. The molecule has 0 bridgehead atoms. The predicted molar refractivity (Wildman–Crippen MR) is 114 cm³/mol. The van der Waals surface area contributed by atoms with E-state index in [9.17, 15) is 29.3 Å². The Morgan fingerprint density at radius 3 is 2.35 bits per heavy atom. The van der Waals surface area contributed by atoms with Gasteiger partial charge in [-0.3, -0.25) is 24.5 Å². The molecule has 0 aromatic heterocycles. The van der Waals surface area contributed by atoms with Crippen molar-refractivity contribution in [1.29, 1.82) is 0 Å². The highest BCUT2D eigenvalue weighted by atomic mass is 16.7. The minimum atomic E-state index is -1.18. The lowest BCUT2D eigenvalue weighted by Crippen LogP contribution is -2.24. The van der Waals surface area contributed by atoms with E-state index in [0.29, 0.717) is 11.5 Å². The van der Waals surface area contributed by atoms with E-state index in [2.05, 4.69) is 0 Å². The number of benzene rings is 3. The average Bonchev–Trinajstić information content (AvgIpc) is 3.32. The molecule has 0 N–H and O–H groups in total. The topological polar surface area (TPSA) is 139 Å². The SMILES string of the molecule is O=C(COC(=O)c1ccc2c(c1[N+](=O)[O-])C(=O)c1ccccc1C2=O)c1ccc2c(c1)OCO2. The lowest BCUT2D eigenvalue weighted by Gasteiger charge is -2.18. The summed E-state index contributed by atoms with van der Waals surface area (Å²) in [7, 11) is 0. The van der Waals surface area contributed by atoms with Gasteiger partial charge in [0.2, 0.25) is 12.6 Å². The third-order valence-corrected chi connectivity index (χ3v) is 5.50. The van der Waals surface area contributed by atoms with Crippen LogP contribution in [0.2, 0.25) is 0 Å². The normalized spacial score (nSPS) is 13.2. The van der Waals surface area contributed by atoms with Crippen LogP contribution in [0.25, 0.3) is 0 Å². The van der Waals surface area contributed by atoms with Gasteiger partial charge in [0.05, 0.1) is 4.92 Å². The number of esters is 1. The first kappa shape index (κ1) is 21.0. The Bertz CT molecular complexity index is 1440. The van der Waals surface area contributed by atoms with Crippen molar-refractivity contribution in [2.24, 2.45) is 0 Å².